The van der Waals surface area contributed by atoms with Gasteiger partial charge in [0.15, 0.2) is 18.5 Å². The summed E-state index contributed by atoms with van der Waals surface area (Å²) in [6.45, 7) is -1.20. The topological polar surface area (TPSA) is 147 Å². The number of alkyl halides is 3. The minimum Gasteiger partial charge on any atom is -0.459 e. The summed E-state index contributed by atoms with van der Waals surface area (Å²) in [6, 6.07) is 22.2. The Kier molecular flexibility index (Phi) is 11.4. The lowest BCUT2D eigenvalue weighted by atomic mass is 9.96. The second-order valence-electron chi connectivity index (χ2n) is 9.36. The zero-order valence-electron chi connectivity index (χ0n) is 22.7. The maximum atomic E-state index is 13.2. The predicted octanol–water partition coefficient (Wildman–Crippen LogP) is 4.48. The van der Waals surface area contributed by atoms with Crippen LogP contribution in [-0.4, -0.2) is 76.8 Å². The fourth-order valence-corrected chi connectivity index (χ4v) is 4.33. The number of alkyl carbamates (subject to hydrolysis) is 1. The van der Waals surface area contributed by atoms with Gasteiger partial charge in [-0.05, 0) is 36.4 Å². The monoisotopic (exact) mass is 665 g/mol. The third kappa shape index (κ3) is 9.31. The van der Waals surface area contributed by atoms with E-state index in [2.05, 4.69) is 5.32 Å². The van der Waals surface area contributed by atoms with E-state index in [4.69, 9.17) is 58.5 Å². The Balaban J connectivity index is 1.65. The number of esters is 3. The molecule has 0 saturated carbocycles. The van der Waals surface area contributed by atoms with Crippen molar-refractivity contribution in [2.24, 2.45) is 0 Å². The predicted molar refractivity (Wildman–Crippen MR) is 157 cm³/mol. The SMILES string of the molecule is O=C(N[C@H]1C(O)O[C@H](COC(=O)c2ccccc2)[C@@H](OC(=O)c2ccccc2)[C@@H]1OC(=O)c1ccccc1)OCC(Cl)(Cl)Cl. The van der Waals surface area contributed by atoms with Crippen molar-refractivity contribution in [3.63, 3.8) is 0 Å². The Morgan fingerprint density at radius 1 is 0.705 bits per heavy atom. The number of aliphatic hydroxyl groups excluding tert-OH is 1. The Morgan fingerprint density at radius 2 is 1.16 bits per heavy atom. The zero-order chi connectivity index (χ0) is 31.7. The number of benzene rings is 3. The summed E-state index contributed by atoms with van der Waals surface area (Å²) in [5.74, 6) is -2.47. The molecular weight excluding hydrogens is 641 g/mol. The van der Waals surface area contributed by atoms with Crippen molar-refractivity contribution >= 4 is 58.8 Å². The van der Waals surface area contributed by atoms with Gasteiger partial charge >= 0.3 is 24.0 Å². The highest BCUT2D eigenvalue weighted by atomic mass is 35.6. The summed E-state index contributed by atoms with van der Waals surface area (Å²) >= 11 is 17.0. The van der Waals surface area contributed by atoms with Crippen LogP contribution < -0.4 is 5.32 Å². The van der Waals surface area contributed by atoms with Gasteiger partial charge in [0.05, 0.1) is 16.7 Å². The number of aliphatic hydroxyl groups is 1. The van der Waals surface area contributed by atoms with Crippen LogP contribution in [0.2, 0.25) is 0 Å². The number of hydrogen-bond acceptors (Lipinski definition) is 10. The number of hydrogen-bond donors (Lipinski definition) is 2. The molecular formula is C30H26Cl3NO10. The Labute approximate surface area is 266 Å². The molecule has 3 aromatic rings. The molecule has 1 saturated heterocycles. The molecule has 1 aliphatic heterocycles. The molecule has 0 bridgehead atoms. The van der Waals surface area contributed by atoms with Gasteiger partial charge in [-0.2, -0.15) is 0 Å². The third-order valence-corrected chi connectivity index (χ3v) is 6.54. The van der Waals surface area contributed by atoms with E-state index in [1.54, 1.807) is 54.6 Å². The lowest BCUT2D eigenvalue weighted by Gasteiger charge is -2.43. The molecule has 1 unspecified atom stereocenters. The van der Waals surface area contributed by atoms with Crippen molar-refractivity contribution in [1.29, 1.82) is 0 Å². The smallest absolute Gasteiger partial charge is 0.407 e. The van der Waals surface area contributed by atoms with E-state index < -0.39 is 71.7 Å². The first-order valence-electron chi connectivity index (χ1n) is 13.1. The van der Waals surface area contributed by atoms with Crippen molar-refractivity contribution in [3.8, 4) is 0 Å². The van der Waals surface area contributed by atoms with Crippen LogP contribution in [0.25, 0.3) is 0 Å². The van der Waals surface area contributed by atoms with E-state index >= 15 is 0 Å². The molecule has 2 N–H and O–H groups in total. The quantitative estimate of drug-likeness (QED) is 0.190. The zero-order valence-corrected chi connectivity index (χ0v) is 25.0. The maximum Gasteiger partial charge on any atom is 0.407 e. The van der Waals surface area contributed by atoms with Crippen LogP contribution in [0.1, 0.15) is 31.1 Å². The van der Waals surface area contributed by atoms with Crippen molar-refractivity contribution < 1.29 is 48.0 Å². The van der Waals surface area contributed by atoms with E-state index in [0.717, 1.165) is 0 Å². The molecule has 232 valence electrons. The van der Waals surface area contributed by atoms with E-state index in [-0.39, 0.29) is 16.7 Å². The number of rotatable bonds is 9. The summed E-state index contributed by atoms with van der Waals surface area (Å²) in [6.07, 6.45) is -7.54. The molecule has 1 fully saturated rings. The number of carbonyl (C=O) groups excluding carboxylic acids is 4. The fraction of sp³-hybridized carbons (Fsp3) is 0.267. The molecule has 0 radical (unpaired) electrons. The van der Waals surface area contributed by atoms with Crippen LogP contribution in [0.15, 0.2) is 91.0 Å². The highest BCUT2D eigenvalue weighted by Gasteiger charge is 2.51. The molecule has 4 rings (SSSR count). The lowest BCUT2D eigenvalue weighted by Crippen LogP contribution is -2.66. The largest absolute Gasteiger partial charge is 0.459 e. The molecule has 11 nitrogen and oxygen atoms in total. The Hall–Kier alpha value is -3.87. The Morgan fingerprint density at radius 3 is 1.64 bits per heavy atom. The van der Waals surface area contributed by atoms with Gasteiger partial charge in [0.1, 0.15) is 25.4 Å². The van der Waals surface area contributed by atoms with Gasteiger partial charge in [-0.25, -0.2) is 19.2 Å². The summed E-state index contributed by atoms with van der Waals surface area (Å²) in [5, 5.41) is 13.3. The van der Waals surface area contributed by atoms with Gasteiger partial charge in [-0.15, -0.1) is 0 Å². The number of ether oxygens (including phenoxy) is 5. The maximum absolute atomic E-state index is 13.2. The first kappa shape index (κ1) is 33.0. The molecule has 1 aliphatic rings. The summed E-state index contributed by atoms with van der Waals surface area (Å²) < 4.78 is 25.5. The van der Waals surface area contributed by atoms with E-state index in [1.807, 2.05) is 0 Å². The highest BCUT2D eigenvalue weighted by molar-refractivity contribution is 6.67. The molecule has 5 atom stereocenters. The second-order valence-corrected chi connectivity index (χ2v) is 11.9. The molecule has 14 heteroatoms. The fourth-order valence-electron chi connectivity index (χ4n) is 4.16. The van der Waals surface area contributed by atoms with Gasteiger partial charge < -0.3 is 34.1 Å². The molecule has 1 amide bonds. The van der Waals surface area contributed by atoms with Crippen molar-refractivity contribution in [2.45, 2.75) is 34.4 Å². The number of nitrogens with one attached hydrogen (secondary N) is 1. The summed E-state index contributed by atoms with van der Waals surface area (Å²) in [4.78, 5) is 51.7. The average Bonchev–Trinajstić information content (AvgIpc) is 3.02. The van der Waals surface area contributed by atoms with Crippen LogP contribution in [0.4, 0.5) is 4.79 Å². The van der Waals surface area contributed by atoms with E-state index in [1.165, 1.54) is 36.4 Å². The standard InChI is InChI=1S/C30H26Cl3NO10/c31-30(32,33)17-41-29(39)34-22-24(44-27(37)20-14-8-3-9-15-20)23(43-26(36)19-12-6-2-7-13-19)21(42-28(22)38)16-40-25(35)18-10-4-1-5-11-18/h1-15,21-24,28,38H,16-17H2,(H,34,39)/t21-,22-,23-,24-,28?/m1/s1. The molecule has 0 aliphatic carbocycles. The van der Waals surface area contributed by atoms with Gasteiger partial charge in [0.25, 0.3) is 0 Å². The van der Waals surface area contributed by atoms with Crippen LogP contribution in [0, 0.1) is 0 Å². The van der Waals surface area contributed by atoms with Crippen LogP contribution in [0.3, 0.4) is 0 Å². The van der Waals surface area contributed by atoms with E-state index in [9.17, 15) is 24.3 Å². The first-order valence-corrected chi connectivity index (χ1v) is 14.2. The highest BCUT2D eigenvalue weighted by Crippen LogP contribution is 2.29. The molecule has 3 aromatic carbocycles. The van der Waals surface area contributed by atoms with Crippen molar-refractivity contribution in [2.75, 3.05) is 13.2 Å². The summed E-state index contributed by atoms with van der Waals surface area (Å²) in [7, 11) is 0. The van der Waals surface area contributed by atoms with Gasteiger partial charge in [0, 0.05) is 0 Å². The number of halogens is 3. The van der Waals surface area contributed by atoms with Crippen molar-refractivity contribution in [1.82, 2.24) is 5.32 Å². The van der Waals surface area contributed by atoms with E-state index in [0.29, 0.717) is 0 Å². The van der Waals surface area contributed by atoms with Gasteiger partial charge in [-0.3, -0.25) is 0 Å². The first-order chi connectivity index (χ1) is 21.0. The van der Waals surface area contributed by atoms with Crippen LogP contribution >= 0.6 is 34.8 Å². The minimum atomic E-state index is -1.94. The number of carbonyl (C=O) groups is 4. The second kappa shape index (κ2) is 15.2. The summed E-state index contributed by atoms with van der Waals surface area (Å²) in [5.41, 5.74) is 0.481. The normalized spacial score (nSPS) is 21.4. The minimum absolute atomic E-state index is 0.117. The molecule has 1 heterocycles. The molecule has 0 aromatic heterocycles. The van der Waals surface area contributed by atoms with Crippen LogP contribution in [-0.2, 0) is 23.7 Å². The Bertz CT molecular complexity index is 1420. The van der Waals surface area contributed by atoms with Gasteiger partial charge in [-0.1, -0.05) is 89.4 Å². The van der Waals surface area contributed by atoms with Crippen LogP contribution in [0.5, 0.6) is 0 Å². The molecule has 0 spiro atoms. The third-order valence-electron chi connectivity index (χ3n) is 6.21. The van der Waals surface area contributed by atoms with Crippen molar-refractivity contribution in [3.05, 3.63) is 108 Å². The van der Waals surface area contributed by atoms with Gasteiger partial charge in [0.2, 0.25) is 3.79 Å². The average molecular weight is 667 g/mol. The molecule has 44 heavy (non-hydrogen) atoms. The lowest BCUT2D eigenvalue weighted by molar-refractivity contribution is -0.252. The number of amides is 1.